The Bertz CT molecular complexity index is 924. The van der Waals surface area contributed by atoms with Gasteiger partial charge < -0.3 is 33.3 Å². The lowest BCUT2D eigenvalue weighted by molar-refractivity contribution is -0.161. The lowest BCUT2D eigenvalue weighted by Crippen LogP contribution is -2.28. The van der Waals surface area contributed by atoms with Crippen LogP contribution in [-0.4, -0.2) is 88.6 Å². The van der Waals surface area contributed by atoms with Crippen LogP contribution in [0.15, 0.2) is 12.2 Å². The molecule has 1 unspecified atom stereocenters. The van der Waals surface area contributed by atoms with Crippen LogP contribution in [-0.2, 0) is 38.0 Å². The van der Waals surface area contributed by atoms with Gasteiger partial charge in [0, 0.05) is 32.6 Å². The van der Waals surface area contributed by atoms with Crippen molar-refractivity contribution in [1.29, 1.82) is 0 Å². The molecular weight excluding hydrogens is 735 g/mol. The molecule has 0 aromatic heterocycles. The molecule has 0 aromatic carbocycles. The van der Waals surface area contributed by atoms with Gasteiger partial charge in [-0.05, 0) is 64.5 Å². The van der Waals surface area contributed by atoms with Crippen LogP contribution >= 0.6 is 0 Å². The van der Waals surface area contributed by atoms with Gasteiger partial charge in [0.15, 0.2) is 6.29 Å². The van der Waals surface area contributed by atoms with E-state index in [1.54, 1.807) is 0 Å². The minimum absolute atomic E-state index is 0.0164. The third-order valence-corrected chi connectivity index (χ3v) is 10.5. The van der Waals surface area contributed by atoms with E-state index >= 15 is 0 Å². The SMILES string of the molecule is CCCCCC/C=C\CCCCCCCC(=O)OCC(COC(=O)CCC(OCCCCCCCC)OCCCCCCCC)COC(=O)OCCCN(CC)CC. The van der Waals surface area contributed by atoms with Crippen molar-refractivity contribution in [2.24, 2.45) is 5.92 Å². The van der Waals surface area contributed by atoms with Gasteiger partial charge in [0.25, 0.3) is 0 Å². The van der Waals surface area contributed by atoms with Crippen molar-refractivity contribution in [3.05, 3.63) is 12.2 Å². The Labute approximate surface area is 356 Å². The highest BCUT2D eigenvalue weighted by Crippen LogP contribution is 2.14. The largest absolute Gasteiger partial charge is 0.508 e. The van der Waals surface area contributed by atoms with E-state index in [9.17, 15) is 14.4 Å². The Morgan fingerprint density at radius 1 is 0.466 bits per heavy atom. The summed E-state index contributed by atoms with van der Waals surface area (Å²) < 4.78 is 34.0. The molecule has 0 heterocycles. The highest BCUT2D eigenvalue weighted by Gasteiger charge is 2.20. The minimum Gasteiger partial charge on any atom is -0.465 e. The Morgan fingerprint density at radius 3 is 1.45 bits per heavy atom. The Balaban J connectivity index is 4.86. The highest BCUT2D eigenvalue weighted by atomic mass is 16.7. The first-order valence-corrected chi connectivity index (χ1v) is 24.1. The molecule has 10 heteroatoms. The normalized spacial score (nSPS) is 12.1. The predicted molar refractivity (Wildman–Crippen MR) is 237 cm³/mol. The lowest BCUT2D eigenvalue weighted by atomic mass is 10.1. The Morgan fingerprint density at radius 2 is 0.914 bits per heavy atom. The number of unbranched alkanes of at least 4 members (excludes halogenated alkanes) is 19. The number of carbonyl (C=O) groups is 3. The van der Waals surface area contributed by atoms with Crippen LogP contribution in [0.4, 0.5) is 4.79 Å². The lowest BCUT2D eigenvalue weighted by Gasteiger charge is -2.20. The van der Waals surface area contributed by atoms with Gasteiger partial charge in [-0.2, -0.15) is 0 Å². The van der Waals surface area contributed by atoms with Gasteiger partial charge in [-0.15, -0.1) is 0 Å². The first-order valence-electron chi connectivity index (χ1n) is 24.1. The molecule has 0 aliphatic heterocycles. The summed E-state index contributed by atoms with van der Waals surface area (Å²) >= 11 is 0. The number of allylic oxidation sites excluding steroid dienone is 2. The van der Waals surface area contributed by atoms with Gasteiger partial charge in [-0.3, -0.25) is 9.59 Å². The molecule has 0 aliphatic carbocycles. The first kappa shape index (κ1) is 55.8. The zero-order valence-corrected chi connectivity index (χ0v) is 38.4. The number of ether oxygens (including phenoxy) is 6. The number of hydrogen-bond donors (Lipinski definition) is 0. The van der Waals surface area contributed by atoms with Crippen LogP contribution < -0.4 is 0 Å². The number of nitrogens with zero attached hydrogens (tertiary/aromatic N) is 1. The third-order valence-electron chi connectivity index (χ3n) is 10.5. The molecule has 0 saturated carbocycles. The summed E-state index contributed by atoms with van der Waals surface area (Å²) in [6.07, 6.45) is 31.7. The fourth-order valence-corrected chi connectivity index (χ4v) is 6.55. The molecule has 0 bridgehead atoms. The maximum atomic E-state index is 12.9. The molecule has 1 atom stereocenters. The molecule has 0 N–H and O–H groups in total. The second-order valence-electron chi connectivity index (χ2n) is 15.9. The van der Waals surface area contributed by atoms with Gasteiger partial charge in [0.1, 0.15) is 19.8 Å². The molecule has 0 fully saturated rings. The van der Waals surface area contributed by atoms with Crippen molar-refractivity contribution >= 4 is 18.1 Å². The van der Waals surface area contributed by atoms with Crippen molar-refractivity contribution in [1.82, 2.24) is 4.90 Å². The molecule has 0 amide bonds. The number of rotatable bonds is 44. The van der Waals surface area contributed by atoms with Gasteiger partial charge in [-0.25, -0.2) is 4.79 Å². The average molecular weight is 826 g/mol. The molecular formula is C48H91NO9. The second-order valence-corrected chi connectivity index (χ2v) is 15.9. The summed E-state index contributed by atoms with van der Waals surface area (Å²) in [5.74, 6) is -1.21. The van der Waals surface area contributed by atoms with E-state index in [0.717, 1.165) is 77.4 Å². The first-order chi connectivity index (χ1) is 28.4. The molecule has 58 heavy (non-hydrogen) atoms. The standard InChI is InChI=1S/C48H91NO9/c1-6-11-14-17-20-21-22-23-24-25-26-27-30-34-45(50)56-41-44(43-58-48(52)55-40-33-37-49(9-4)10-5)42-57-46(51)35-36-47(53-38-31-28-18-15-12-7-2)54-39-32-29-19-16-13-8-3/h21-22,44,47H,6-20,23-43H2,1-5H3/b22-21-. The Kier molecular flexibility index (Phi) is 42.7. The van der Waals surface area contributed by atoms with E-state index in [0.29, 0.717) is 32.5 Å². The van der Waals surface area contributed by atoms with E-state index in [1.165, 1.54) is 89.9 Å². The van der Waals surface area contributed by atoms with Crippen LogP contribution in [0.3, 0.4) is 0 Å². The maximum Gasteiger partial charge on any atom is 0.508 e. The molecule has 0 rings (SSSR count). The summed E-state index contributed by atoms with van der Waals surface area (Å²) in [5.41, 5.74) is 0. The van der Waals surface area contributed by atoms with Crippen molar-refractivity contribution in [3.63, 3.8) is 0 Å². The predicted octanol–water partition coefficient (Wildman–Crippen LogP) is 12.7. The van der Waals surface area contributed by atoms with Gasteiger partial charge in [0.05, 0.1) is 18.9 Å². The van der Waals surface area contributed by atoms with E-state index in [4.69, 9.17) is 28.4 Å². The quantitative estimate of drug-likeness (QED) is 0.0194. The molecule has 10 nitrogen and oxygen atoms in total. The maximum absolute atomic E-state index is 12.9. The van der Waals surface area contributed by atoms with Gasteiger partial charge >= 0.3 is 18.1 Å². The molecule has 0 spiro atoms. The van der Waals surface area contributed by atoms with Gasteiger partial charge in [-0.1, -0.05) is 150 Å². The van der Waals surface area contributed by atoms with E-state index in [-0.39, 0.29) is 38.8 Å². The third kappa shape index (κ3) is 39.3. The van der Waals surface area contributed by atoms with Crippen LogP contribution in [0.1, 0.15) is 208 Å². The number of carbonyl (C=O) groups excluding carboxylic acids is 3. The molecule has 0 saturated heterocycles. The van der Waals surface area contributed by atoms with Gasteiger partial charge in [0.2, 0.25) is 0 Å². The summed E-state index contributed by atoms with van der Waals surface area (Å²) in [6, 6.07) is 0. The van der Waals surface area contributed by atoms with Crippen LogP contribution in [0.2, 0.25) is 0 Å². The van der Waals surface area contributed by atoms with E-state index in [1.807, 2.05) is 0 Å². The van der Waals surface area contributed by atoms with E-state index < -0.39 is 24.3 Å². The number of hydrogen-bond acceptors (Lipinski definition) is 10. The molecule has 342 valence electrons. The topological polar surface area (TPSA) is 110 Å². The van der Waals surface area contributed by atoms with Crippen molar-refractivity contribution in [2.75, 3.05) is 59.3 Å². The fourth-order valence-electron chi connectivity index (χ4n) is 6.55. The molecule has 0 aliphatic rings. The average Bonchev–Trinajstić information content (AvgIpc) is 3.23. The summed E-state index contributed by atoms with van der Waals surface area (Å²) in [7, 11) is 0. The summed E-state index contributed by atoms with van der Waals surface area (Å²) in [6.45, 7) is 14.9. The van der Waals surface area contributed by atoms with Crippen molar-refractivity contribution in [2.45, 2.75) is 214 Å². The number of esters is 2. The van der Waals surface area contributed by atoms with E-state index in [2.05, 4.69) is 51.7 Å². The fraction of sp³-hybridized carbons (Fsp3) is 0.896. The van der Waals surface area contributed by atoms with Crippen LogP contribution in [0.5, 0.6) is 0 Å². The van der Waals surface area contributed by atoms with Crippen molar-refractivity contribution < 1.29 is 42.8 Å². The van der Waals surface area contributed by atoms with Crippen LogP contribution in [0.25, 0.3) is 0 Å². The molecule has 0 aromatic rings. The summed E-state index contributed by atoms with van der Waals surface area (Å²) in [4.78, 5) is 40.2. The summed E-state index contributed by atoms with van der Waals surface area (Å²) in [5, 5.41) is 0. The second kappa shape index (κ2) is 44.4. The van der Waals surface area contributed by atoms with Crippen LogP contribution in [0, 0.1) is 5.92 Å². The highest BCUT2D eigenvalue weighted by molar-refractivity contribution is 5.69. The molecule has 0 radical (unpaired) electrons. The zero-order chi connectivity index (χ0) is 42.6. The minimum atomic E-state index is -0.780. The monoisotopic (exact) mass is 826 g/mol. The van der Waals surface area contributed by atoms with Crippen molar-refractivity contribution in [3.8, 4) is 0 Å². The Hall–Kier alpha value is -2.17. The zero-order valence-electron chi connectivity index (χ0n) is 38.4. The smallest absolute Gasteiger partial charge is 0.465 e.